The van der Waals surface area contributed by atoms with Gasteiger partial charge in [0.05, 0.1) is 17.2 Å². The molecule has 0 spiro atoms. The first-order chi connectivity index (χ1) is 15.3. The Labute approximate surface area is 187 Å². The molecule has 3 aromatic rings. The Bertz CT molecular complexity index is 1120. The second kappa shape index (κ2) is 9.11. The van der Waals surface area contributed by atoms with Crippen LogP contribution >= 0.6 is 11.8 Å². The monoisotopic (exact) mass is 464 g/mol. The van der Waals surface area contributed by atoms with Crippen molar-refractivity contribution in [1.29, 1.82) is 0 Å². The van der Waals surface area contributed by atoms with Gasteiger partial charge in [0, 0.05) is 23.1 Å². The van der Waals surface area contributed by atoms with E-state index in [0.29, 0.717) is 11.6 Å². The lowest BCUT2D eigenvalue weighted by molar-refractivity contribution is -0.141. The zero-order chi connectivity index (χ0) is 22.9. The highest BCUT2D eigenvalue weighted by molar-refractivity contribution is 7.98. The lowest BCUT2D eigenvalue weighted by Gasteiger charge is -2.27. The predicted molar refractivity (Wildman–Crippen MR) is 117 cm³/mol. The van der Waals surface area contributed by atoms with E-state index in [1.165, 1.54) is 23.9 Å². The lowest BCUT2D eigenvalue weighted by atomic mass is 9.87. The van der Waals surface area contributed by atoms with E-state index >= 15 is 0 Å². The van der Waals surface area contributed by atoms with Crippen LogP contribution in [0.3, 0.4) is 0 Å². The Hall–Kier alpha value is -2.59. The number of aliphatic hydroxyl groups excluding tert-OH is 1. The van der Waals surface area contributed by atoms with Gasteiger partial charge >= 0.3 is 6.18 Å². The molecule has 0 unspecified atom stereocenters. The van der Waals surface area contributed by atoms with Crippen molar-refractivity contribution in [1.82, 2.24) is 14.8 Å². The molecule has 4 rings (SSSR count). The molecule has 0 bridgehead atoms. The highest BCUT2D eigenvalue weighted by atomic mass is 32.2. The van der Waals surface area contributed by atoms with Crippen LogP contribution in [0.5, 0.6) is 0 Å². The zero-order valence-electron chi connectivity index (χ0n) is 17.4. The summed E-state index contributed by atoms with van der Waals surface area (Å²) in [6, 6.07) is 7.16. The van der Waals surface area contributed by atoms with Crippen LogP contribution in [-0.2, 0) is 6.18 Å². The van der Waals surface area contributed by atoms with Gasteiger partial charge in [0.1, 0.15) is 11.4 Å². The van der Waals surface area contributed by atoms with Crippen molar-refractivity contribution in [3.63, 3.8) is 0 Å². The maximum absolute atomic E-state index is 12.9. The van der Waals surface area contributed by atoms with Crippen molar-refractivity contribution in [2.45, 2.75) is 42.8 Å². The fraction of sp³-hybridized carbons (Fsp3) is 0.409. The number of thioether (sulfide) groups is 1. The van der Waals surface area contributed by atoms with Gasteiger partial charge in [-0.1, -0.05) is 6.07 Å². The minimum absolute atomic E-state index is 0.217. The van der Waals surface area contributed by atoms with Crippen LogP contribution in [0.15, 0.2) is 41.4 Å². The van der Waals surface area contributed by atoms with Gasteiger partial charge in [-0.15, -0.1) is 11.8 Å². The SMILES string of the molecule is CSc1cc2nn([C@H]3CC[C@H](CO)CC3)cc2cc1NC(=O)c1cccc(C(F)(F)F)n1. The number of hydrogen-bond acceptors (Lipinski definition) is 5. The van der Waals surface area contributed by atoms with Crippen LogP contribution in [0.4, 0.5) is 18.9 Å². The number of aliphatic hydroxyl groups is 1. The molecule has 6 nitrogen and oxygen atoms in total. The minimum atomic E-state index is -4.62. The fourth-order valence-corrected chi connectivity index (χ4v) is 4.58. The molecule has 1 amide bonds. The second-order valence-electron chi connectivity index (χ2n) is 7.94. The number of rotatable bonds is 5. The normalized spacial score (nSPS) is 19.3. The van der Waals surface area contributed by atoms with E-state index in [9.17, 15) is 23.1 Å². The van der Waals surface area contributed by atoms with E-state index in [4.69, 9.17) is 5.10 Å². The first-order valence-corrected chi connectivity index (χ1v) is 11.5. The summed E-state index contributed by atoms with van der Waals surface area (Å²) in [4.78, 5) is 16.8. The lowest BCUT2D eigenvalue weighted by Crippen LogP contribution is -2.20. The third-order valence-electron chi connectivity index (χ3n) is 5.81. The van der Waals surface area contributed by atoms with E-state index in [-0.39, 0.29) is 18.3 Å². The Morgan fingerprint density at radius 3 is 2.66 bits per heavy atom. The van der Waals surface area contributed by atoms with Crippen molar-refractivity contribution in [2.24, 2.45) is 5.92 Å². The third-order valence-corrected chi connectivity index (χ3v) is 6.59. The summed E-state index contributed by atoms with van der Waals surface area (Å²) < 4.78 is 40.7. The number of benzene rings is 1. The Morgan fingerprint density at radius 2 is 2.00 bits per heavy atom. The minimum Gasteiger partial charge on any atom is -0.396 e. The molecule has 32 heavy (non-hydrogen) atoms. The molecule has 2 N–H and O–H groups in total. The molecule has 1 aromatic carbocycles. The number of aromatic nitrogens is 3. The van der Waals surface area contributed by atoms with Crippen LogP contribution in [-0.4, -0.2) is 38.6 Å². The summed E-state index contributed by atoms with van der Waals surface area (Å²) >= 11 is 1.41. The molecule has 1 aliphatic carbocycles. The van der Waals surface area contributed by atoms with Crippen LogP contribution < -0.4 is 5.32 Å². The molecule has 0 aliphatic heterocycles. The number of amides is 1. The molecule has 1 aliphatic rings. The topological polar surface area (TPSA) is 80.0 Å². The summed E-state index contributed by atoms with van der Waals surface area (Å²) in [6.45, 7) is 0.217. The van der Waals surface area contributed by atoms with E-state index in [1.807, 2.05) is 23.2 Å². The number of fused-ring (bicyclic) bond motifs is 1. The van der Waals surface area contributed by atoms with Crippen molar-refractivity contribution in [2.75, 3.05) is 18.2 Å². The quantitative estimate of drug-likeness (QED) is 0.511. The summed E-state index contributed by atoms with van der Waals surface area (Å²) in [7, 11) is 0. The molecular formula is C22H23F3N4O2S. The van der Waals surface area contributed by atoms with Gasteiger partial charge in [-0.2, -0.15) is 18.3 Å². The van der Waals surface area contributed by atoms with Crippen LogP contribution in [0.25, 0.3) is 10.9 Å². The number of anilines is 1. The standard InChI is InChI=1S/C22H23F3N4O2S/c1-32-19-10-17-14(11-29(28-17)15-7-5-13(12-30)6-8-15)9-18(19)27-21(31)16-3-2-4-20(26-16)22(23,24)25/h2-4,9-11,13,15,30H,5-8,12H2,1H3,(H,27,31)/t13-,15-. The average Bonchev–Trinajstić information content (AvgIpc) is 3.21. The van der Waals surface area contributed by atoms with Crippen LogP contribution in [0.2, 0.25) is 0 Å². The van der Waals surface area contributed by atoms with Crippen molar-refractivity contribution < 1.29 is 23.1 Å². The van der Waals surface area contributed by atoms with Crippen molar-refractivity contribution in [3.05, 3.63) is 47.9 Å². The van der Waals surface area contributed by atoms with Gasteiger partial charge in [-0.25, -0.2) is 4.98 Å². The maximum atomic E-state index is 12.9. The van der Waals surface area contributed by atoms with Gasteiger partial charge < -0.3 is 10.4 Å². The van der Waals surface area contributed by atoms with Crippen molar-refractivity contribution >= 4 is 34.3 Å². The fourth-order valence-electron chi connectivity index (χ4n) is 4.02. The largest absolute Gasteiger partial charge is 0.433 e. The highest BCUT2D eigenvalue weighted by Gasteiger charge is 2.33. The van der Waals surface area contributed by atoms with Crippen LogP contribution in [0.1, 0.15) is 47.9 Å². The number of halogens is 3. The van der Waals surface area contributed by atoms with Gasteiger partial charge in [-0.3, -0.25) is 9.48 Å². The first kappa shape index (κ1) is 22.6. The Kier molecular flexibility index (Phi) is 6.43. The molecule has 0 atom stereocenters. The molecule has 170 valence electrons. The first-order valence-electron chi connectivity index (χ1n) is 10.3. The molecule has 10 heteroatoms. The number of pyridine rings is 1. The zero-order valence-corrected chi connectivity index (χ0v) is 18.2. The molecule has 2 aromatic heterocycles. The van der Waals surface area contributed by atoms with E-state index in [2.05, 4.69) is 10.3 Å². The number of nitrogens with zero attached hydrogens (tertiary/aromatic N) is 3. The third kappa shape index (κ3) is 4.75. The molecule has 1 fully saturated rings. The van der Waals surface area contributed by atoms with Crippen molar-refractivity contribution in [3.8, 4) is 0 Å². The highest BCUT2D eigenvalue weighted by Crippen LogP contribution is 2.35. The molecule has 0 saturated heterocycles. The number of alkyl halides is 3. The number of nitrogens with one attached hydrogen (secondary N) is 1. The summed E-state index contributed by atoms with van der Waals surface area (Å²) in [6.07, 6.45) is 2.97. The predicted octanol–water partition coefficient (Wildman–Crippen LogP) is 5.15. The van der Waals surface area contributed by atoms with E-state index < -0.39 is 17.8 Å². The summed E-state index contributed by atoms with van der Waals surface area (Å²) in [5.74, 6) is -0.355. The number of hydrogen-bond donors (Lipinski definition) is 2. The second-order valence-corrected chi connectivity index (χ2v) is 8.79. The number of carbonyl (C=O) groups is 1. The van der Waals surface area contributed by atoms with E-state index in [1.54, 1.807) is 6.07 Å². The van der Waals surface area contributed by atoms with Gasteiger partial charge in [0.2, 0.25) is 0 Å². The smallest absolute Gasteiger partial charge is 0.396 e. The molecular weight excluding hydrogens is 441 g/mol. The van der Waals surface area contributed by atoms with Gasteiger partial charge in [-0.05, 0) is 62.1 Å². The van der Waals surface area contributed by atoms with Gasteiger partial charge in [0.15, 0.2) is 0 Å². The average molecular weight is 465 g/mol. The van der Waals surface area contributed by atoms with Crippen LogP contribution in [0, 0.1) is 5.92 Å². The van der Waals surface area contributed by atoms with Gasteiger partial charge in [0.25, 0.3) is 5.91 Å². The number of carbonyl (C=O) groups excluding carboxylic acids is 1. The molecule has 1 saturated carbocycles. The summed E-state index contributed by atoms with van der Waals surface area (Å²) in [5.41, 5.74) is -0.127. The van der Waals surface area contributed by atoms with E-state index in [0.717, 1.165) is 47.5 Å². The summed E-state index contributed by atoms with van der Waals surface area (Å²) in [5, 5.41) is 17.6. The Morgan fingerprint density at radius 1 is 1.25 bits per heavy atom. The molecule has 0 radical (unpaired) electrons. The molecule has 2 heterocycles. The maximum Gasteiger partial charge on any atom is 0.433 e. The Balaban J connectivity index is 1.58.